The Morgan fingerprint density at radius 2 is 1.95 bits per heavy atom. The first-order valence-corrected chi connectivity index (χ1v) is 12.6. The molecule has 1 aliphatic rings. The molecule has 6 rings (SSSR count). The number of rotatable bonds is 6. The summed E-state index contributed by atoms with van der Waals surface area (Å²) in [6.45, 7) is 13.8. The molecule has 190 valence electrons. The molecule has 0 saturated carbocycles. The summed E-state index contributed by atoms with van der Waals surface area (Å²) in [6, 6.07) is 16.6. The first kappa shape index (κ1) is 23.8. The predicted octanol–water partition coefficient (Wildman–Crippen LogP) is 5.26. The van der Waals surface area contributed by atoms with Crippen molar-refractivity contribution in [1.29, 1.82) is 0 Å². The third-order valence-corrected chi connectivity index (χ3v) is 6.91. The van der Waals surface area contributed by atoms with Crippen LogP contribution in [-0.2, 0) is 11.3 Å². The zero-order chi connectivity index (χ0) is 26.1. The average molecular weight is 506 g/mol. The number of hydrogen-bond donors (Lipinski definition) is 0. The number of morpholine rings is 1. The van der Waals surface area contributed by atoms with Gasteiger partial charge in [-0.2, -0.15) is 5.10 Å². The van der Waals surface area contributed by atoms with Crippen molar-refractivity contribution in [2.45, 2.75) is 26.4 Å². The Morgan fingerprint density at radius 1 is 1.08 bits per heavy atom. The molecule has 1 saturated heterocycles. The van der Waals surface area contributed by atoms with E-state index in [-0.39, 0.29) is 6.04 Å². The fourth-order valence-electron chi connectivity index (χ4n) is 5.07. The topological polar surface area (TPSA) is 86.5 Å². The third kappa shape index (κ3) is 4.40. The number of benzene rings is 2. The van der Waals surface area contributed by atoms with Crippen LogP contribution in [0.5, 0.6) is 0 Å². The molecule has 9 heteroatoms. The summed E-state index contributed by atoms with van der Waals surface area (Å²) in [7, 11) is 0. The van der Waals surface area contributed by atoms with Crippen molar-refractivity contribution in [2.24, 2.45) is 0 Å². The van der Waals surface area contributed by atoms with Gasteiger partial charge in [-0.1, -0.05) is 41.6 Å². The van der Waals surface area contributed by atoms with Crippen molar-refractivity contribution in [1.82, 2.24) is 24.9 Å². The molecule has 0 aliphatic carbocycles. The SMILES string of the molecule is [C-]#[N+]CCn1cc(-c2nc(N3CCOC[C@@H]3c3ccccc3)c3cc(-c4c(C)noc4C)ccc3n2)cn1. The minimum absolute atomic E-state index is 0.0139. The lowest BCUT2D eigenvalue weighted by Crippen LogP contribution is -2.40. The number of aryl methyl sites for hydroxylation is 2. The van der Waals surface area contributed by atoms with Crippen molar-refractivity contribution < 1.29 is 9.26 Å². The van der Waals surface area contributed by atoms with Gasteiger partial charge in [-0.05, 0) is 37.1 Å². The molecule has 0 radical (unpaired) electrons. The highest BCUT2D eigenvalue weighted by atomic mass is 16.5. The molecule has 0 spiro atoms. The quantitative estimate of drug-likeness (QED) is 0.291. The lowest BCUT2D eigenvalue weighted by Gasteiger charge is -2.37. The Bertz CT molecular complexity index is 1610. The molecule has 0 unspecified atom stereocenters. The molecule has 1 aliphatic heterocycles. The highest BCUT2D eigenvalue weighted by Crippen LogP contribution is 2.37. The minimum atomic E-state index is 0.0139. The summed E-state index contributed by atoms with van der Waals surface area (Å²) in [6.07, 6.45) is 3.67. The van der Waals surface area contributed by atoms with Crippen LogP contribution in [0.4, 0.5) is 5.82 Å². The standard InChI is InChI=1S/C29H27N7O2/c1-19-27(20(2)38-34-19)22-9-10-25-24(15-22)29(33-28(32-25)23-16-31-35(17-23)12-11-30-3)36-13-14-37-18-26(36)21-7-5-4-6-8-21/h4-10,15-17,26H,11-14,18H2,1-2H3/t26-/m1/s1. The molecule has 5 aromatic rings. The Morgan fingerprint density at radius 3 is 2.74 bits per heavy atom. The molecule has 1 fully saturated rings. The van der Waals surface area contributed by atoms with Crippen LogP contribution in [0.1, 0.15) is 23.1 Å². The molecule has 9 nitrogen and oxygen atoms in total. The highest BCUT2D eigenvalue weighted by Gasteiger charge is 2.28. The van der Waals surface area contributed by atoms with E-state index in [1.807, 2.05) is 32.2 Å². The second-order valence-electron chi connectivity index (χ2n) is 9.37. The molecule has 38 heavy (non-hydrogen) atoms. The van der Waals surface area contributed by atoms with Crippen LogP contribution in [0.15, 0.2) is 65.4 Å². The summed E-state index contributed by atoms with van der Waals surface area (Å²) in [5.74, 6) is 2.23. The maximum Gasteiger partial charge on any atom is 0.234 e. The van der Waals surface area contributed by atoms with Gasteiger partial charge in [0.15, 0.2) is 5.82 Å². The first-order chi connectivity index (χ1) is 18.6. The maximum absolute atomic E-state index is 7.07. The van der Waals surface area contributed by atoms with Gasteiger partial charge in [0.05, 0.1) is 42.2 Å². The van der Waals surface area contributed by atoms with Crippen LogP contribution >= 0.6 is 0 Å². The zero-order valence-corrected chi connectivity index (χ0v) is 21.3. The van der Waals surface area contributed by atoms with Crippen LogP contribution in [0.2, 0.25) is 0 Å². The molecule has 4 heterocycles. The lowest BCUT2D eigenvalue weighted by atomic mass is 10.0. The van der Waals surface area contributed by atoms with Crippen LogP contribution in [0, 0.1) is 20.4 Å². The van der Waals surface area contributed by atoms with Crippen LogP contribution in [-0.4, -0.2) is 51.2 Å². The van der Waals surface area contributed by atoms with E-state index in [4.69, 9.17) is 25.8 Å². The molecule has 0 amide bonds. The van der Waals surface area contributed by atoms with Crippen molar-refractivity contribution >= 4 is 16.7 Å². The molecule has 3 aromatic heterocycles. The number of hydrogen-bond acceptors (Lipinski definition) is 7. The van der Waals surface area contributed by atoms with E-state index >= 15 is 0 Å². The summed E-state index contributed by atoms with van der Waals surface area (Å²) < 4.78 is 13.1. The van der Waals surface area contributed by atoms with Gasteiger partial charge in [-0.25, -0.2) is 16.5 Å². The second kappa shape index (κ2) is 10.1. The first-order valence-electron chi connectivity index (χ1n) is 12.6. The Hall–Kier alpha value is -4.55. The monoisotopic (exact) mass is 505 g/mol. The molecule has 0 bridgehead atoms. The predicted molar refractivity (Wildman–Crippen MR) is 145 cm³/mol. The zero-order valence-electron chi connectivity index (χ0n) is 21.3. The Labute approximate surface area is 220 Å². The number of aromatic nitrogens is 5. The number of anilines is 1. The fraction of sp³-hybridized carbons (Fsp3) is 0.276. The van der Waals surface area contributed by atoms with Gasteiger partial charge in [0.25, 0.3) is 0 Å². The van der Waals surface area contributed by atoms with Crippen molar-refractivity contribution in [3.63, 3.8) is 0 Å². The van der Waals surface area contributed by atoms with Gasteiger partial charge in [0.2, 0.25) is 6.54 Å². The van der Waals surface area contributed by atoms with Crippen molar-refractivity contribution in [3.05, 3.63) is 89.4 Å². The Balaban J connectivity index is 1.53. The van der Waals surface area contributed by atoms with E-state index in [2.05, 4.69) is 56.4 Å². The van der Waals surface area contributed by atoms with Gasteiger partial charge in [-0.3, -0.25) is 4.68 Å². The number of ether oxygens (including phenoxy) is 1. The van der Waals surface area contributed by atoms with Gasteiger partial charge < -0.3 is 19.0 Å². The van der Waals surface area contributed by atoms with Gasteiger partial charge in [0, 0.05) is 23.7 Å². The molecule has 0 N–H and O–H groups in total. The average Bonchev–Trinajstić information content (AvgIpc) is 3.57. The molecular formula is C29H27N7O2. The summed E-state index contributed by atoms with van der Waals surface area (Å²) in [5.41, 5.74) is 5.69. The van der Waals surface area contributed by atoms with Crippen LogP contribution in [0.25, 0.3) is 38.3 Å². The van der Waals surface area contributed by atoms with E-state index < -0.39 is 0 Å². The van der Waals surface area contributed by atoms with E-state index in [1.54, 1.807) is 10.9 Å². The van der Waals surface area contributed by atoms with Crippen LogP contribution < -0.4 is 4.90 Å². The van der Waals surface area contributed by atoms with E-state index in [9.17, 15) is 0 Å². The van der Waals surface area contributed by atoms with Gasteiger partial charge >= 0.3 is 0 Å². The summed E-state index contributed by atoms with van der Waals surface area (Å²) >= 11 is 0. The van der Waals surface area contributed by atoms with Crippen LogP contribution in [0.3, 0.4) is 0 Å². The van der Waals surface area contributed by atoms with Crippen molar-refractivity contribution in [3.8, 4) is 22.5 Å². The highest BCUT2D eigenvalue weighted by molar-refractivity contribution is 5.95. The van der Waals surface area contributed by atoms with E-state index in [0.29, 0.717) is 38.7 Å². The van der Waals surface area contributed by atoms with Crippen molar-refractivity contribution in [2.75, 3.05) is 31.2 Å². The fourth-order valence-corrected chi connectivity index (χ4v) is 5.07. The molecular weight excluding hydrogens is 478 g/mol. The van der Waals surface area contributed by atoms with E-state index in [1.165, 1.54) is 5.56 Å². The normalized spacial score (nSPS) is 15.6. The Kier molecular flexibility index (Phi) is 6.32. The molecule has 2 aromatic carbocycles. The smallest absolute Gasteiger partial charge is 0.234 e. The second-order valence-corrected chi connectivity index (χ2v) is 9.37. The van der Waals surface area contributed by atoms with Gasteiger partial charge in [-0.15, -0.1) is 0 Å². The lowest BCUT2D eigenvalue weighted by molar-refractivity contribution is 0.0939. The molecule has 1 atom stereocenters. The third-order valence-electron chi connectivity index (χ3n) is 6.91. The maximum atomic E-state index is 7.07. The number of nitrogens with zero attached hydrogens (tertiary/aromatic N) is 7. The number of fused-ring (bicyclic) bond motifs is 1. The largest absolute Gasteiger partial charge is 0.377 e. The minimum Gasteiger partial charge on any atom is -0.377 e. The van der Waals surface area contributed by atoms with Gasteiger partial charge in [0.1, 0.15) is 18.1 Å². The van der Waals surface area contributed by atoms with E-state index in [0.717, 1.165) is 44.9 Å². The summed E-state index contributed by atoms with van der Waals surface area (Å²) in [5, 5.41) is 9.53. The summed E-state index contributed by atoms with van der Waals surface area (Å²) in [4.78, 5) is 15.8.